The molecule has 2 aromatic carbocycles. The van der Waals surface area contributed by atoms with Gasteiger partial charge in [-0.05, 0) is 39.7 Å². The third kappa shape index (κ3) is 4.86. The Bertz CT molecular complexity index is 738. The van der Waals surface area contributed by atoms with E-state index >= 15 is 0 Å². The zero-order valence-corrected chi connectivity index (χ0v) is 15.9. The van der Waals surface area contributed by atoms with Gasteiger partial charge in [0.2, 0.25) is 0 Å². The van der Waals surface area contributed by atoms with Crippen LogP contribution in [0.4, 0.5) is 5.69 Å². The average Bonchev–Trinajstić information content (AvgIpc) is 2.67. The predicted octanol–water partition coefficient (Wildman–Crippen LogP) is 4.24. The van der Waals surface area contributed by atoms with Gasteiger partial charge in [-0.1, -0.05) is 42.5 Å². The fourth-order valence-corrected chi connectivity index (χ4v) is 3.18. The van der Waals surface area contributed by atoms with E-state index in [2.05, 4.69) is 55.2 Å². The van der Waals surface area contributed by atoms with Crippen LogP contribution in [0.15, 0.2) is 64.2 Å². The van der Waals surface area contributed by atoms with Gasteiger partial charge in [-0.3, -0.25) is 5.01 Å². The number of rotatable bonds is 5. The number of hydrogen-bond donors (Lipinski definition) is 0. The quantitative estimate of drug-likeness (QED) is 0.703. The standard InChI is InChI=1S/C20H22BrN3O/c1-25-20-10-6-5-9-19(20)23-11-13-24(14-12-23)22-16-18(21)15-17-7-3-2-4-8-17/h2-10,15-16H,11-14H2,1H3/b18-15-,22-16-. The van der Waals surface area contributed by atoms with Gasteiger partial charge >= 0.3 is 0 Å². The number of hydrazone groups is 1. The molecule has 0 N–H and O–H groups in total. The number of halogens is 1. The summed E-state index contributed by atoms with van der Waals surface area (Å²) in [7, 11) is 1.72. The lowest BCUT2D eigenvalue weighted by atomic mass is 10.2. The normalized spacial score (nSPS) is 15.7. The zero-order chi connectivity index (χ0) is 17.5. The zero-order valence-electron chi connectivity index (χ0n) is 14.3. The van der Waals surface area contributed by atoms with Crippen molar-refractivity contribution in [2.24, 2.45) is 5.10 Å². The van der Waals surface area contributed by atoms with Crippen LogP contribution in [-0.4, -0.2) is 44.5 Å². The molecule has 0 amide bonds. The van der Waals surface area contributed by atoms with Crippen LogP contribution in [0.1, 0.15) is 5.56 Å². The monoisotopic (exact) mass is 399 g/mol. The van der Waals surface area contributed by atoms with Crippen molar-refractivity contribution in [1.82, 2.24) is 5.01 Å². The molecule has 25 heavy (non-hydrogen) atoms. The molecule has 1 aliphatic rings. The molecular formula is C20H22BrN3O. The molecule has 130 valence electrons. The fraction of sp³-hybridized carbons (Fsp3) is 0.250. The number of piperazine rings is 1. The Labute approximate surface area is 157 Å². The highest BCUT2D eigenvalue weighted by atomic mass is 79.9. The molecular weight excluding hydrogens is 378 g/mol. The summed E-state index contributed by atoms with van der Waals surface area (Å²) in [5.74, 6) is 0.924. The van der Waals surface area contributed by atoms with Crippen molar-refractivity contribution in [1.29, 1.82) is 0 Å². The molecule has 4 nitrogen and oxygen atoms in total. The van der Waals surface area contributed by atoms with Crippen LogP contribution in [0, 0.1) is 0 Å². The fourth-order valence-electron chi connectivity index (χ4n) is 2.83. The Morgan fingerprint density at radius 1 is 1.00 bits per heavy atom. The van der Waals surface area contributed by atoms with Crippen LogP contribution in [0.5, 0.6) is 5.75 Å². The van der Waals surface area contributed by atoms with Gasteiger partial charge in [0.1, 0.15) is 5.75 Å². The molecule has 1 aliphatic heterocycles. The molecule has 0 radical (unpaired) electrons. The number of ether oxygens (including phenoxy) is 1. The summed E-state index contributed by atoms with van der Waals surface area (Å²) in [6, 6.07) is 18.4. The highest BCUT2D eigenvalue weighted by Crippen LogP contribution is 2.28. The number of allylic oxidation sites excluding steroid dienone is 1. The number of methoxy groups -OCH3 is 1. The Balaban J connectivity index is 1.56. The summed E-state index contributed by atoms with van der Waals surface area (Å²) in [5, 5.41) is 6.69. The first-order valence-electron chi connectivity index (χ1n) is 8.35. The second kappa shape index (κ2) is 8.72. The van der Waals surface area contributed by atoms with E-state index in [4.69, 9.17) is 4.74 Å². The number of nitrogens with zero attached hydrogens (tertiary/aromatic N) is 3. The van der Waals surface area contributed by atoms with Crippen LogP contribution < -0.4 is 9.64 Å². The number of anilines is 1. The lowest BCUT2D eigenvalue weighted by Crippen LogP contribution is -2.44. The van der Waals surface area contributed by atoms with E-state index in [9.17, 15) is 0 Å². The largest absolute Gasteiger partial charge is 0.495 e. The van der Waals surface area contributed by atoms with Crippen LogP contribution >= 0.6 is 15.9 Å². The second-order valence-electron chi connectivity index (χ2n) is 5.80. The van der Waals surface area contributed by atoms with Crippen molar-refractivity contribution in [3.8, 4) is 5.75 Å². The third-order valence-electron chi connectivity index (χ3n) is 4.13. The molecule has 0 unspecified atom stereocenters. The van der Waals surface area contributed by atoms with E-state index in [1.807, 2.05) is 42.6 Å². The molecule has 0 atom stereocenters. The molecule has 3 rings (SSSR count). The van der Waals surface area contributed by atoms with Crippen molar-refractivity contribution in [2.45, 2.75) is 0 Å². The van der Waals surface area contributed by atoms with E-state index in [0.29, 0.717) is 0 Å². The minimum atomic E-state index is 0.889. The van der Waals surface area contributed by atoms with Crippen molar-refractivity contribution in [3.05, 3.63) is 64.6 Å². The van der Waals surface area contributed by atoms with Crippen molar-refractivity contribution in [2.75, 3.05) is 38.2 Å². The molecule has 0 bridgehead atoms. The third-order valence-corrected chi connectivity index (χ3v) is 4.56. The molecule has 0 saturated carbocycles. The minimum absolute atomic E-state index is 0.889. The summed E-state index contributed by atoms with van der Waals surface area (Å²) in [6.07, 6.45) is 3.93. The molecule has 1 fully saturated rings. The van der Waals surface area contributed by atoms with Crippen LogP contribution in [0.3, 0.4) is 0 Å². The van der Waals surface area contributed by atoms with E-state index in [0.717, 1.165) is 47.7 Å². The van der Waals surface area contributed by atoms with Gasteiger partial charge in [-0.25, -0.2) is 0 Å². The first-order chi connectivity index (χ1) is 12.3. The molecule has 5 heteroatoms. The minimum Gasteiger partial charge on any atom is -0.495 e. The summed E-state index contributed by atoms with van der Waals surface area (Å²) >= 11 is 3.57. The number of hydrogen-bond acceptors (Lipinski definition) is 4. The lowest BCUT2D eigenvalue weighted by Gasteiger charge is -2.35. The Morgan fingerprint density at radius 2 is 1.68 bits per heavy atom. The summed E-state index contributed by atoms with van der Waals surface area (Å²) < 4.78 is 6.43. The Kier molecular flexibility index (Phi) is 6.12. The maximum absolute atomic E-state index is 5.46. The molecule has 0 aliphatic carbocycles. The predicted molar refractivity (Wildman–Crippen MR) is 109 cm³/mol. The summed E-state index contributed by atoms with van der Waals surface area (Å²) in [4.78, 5) is 2.35. The lowest BCUT2D eigenvalue weighted by molar-refractivity contribution is 0.271. The van der Waals surface area contributed by atoms with Gasteiger partial charge in [0, 0.05) is 17.6 Å². The molecule has 0 aromatic heterocycles. The van der Waals surface area contributed by atoms with Gasteiger partial charge in [-0.15, -0.1) is 0 Å². The number of benzene rings is 2. The first-order valence-corrected chi connectivity index (χ1v) is 9.15. The van der Waals surface area contributed by atoms with Gasteiger partial charge in [0.15, 0.2) is 0 Å². The second-order valence-corrected chi connectivity index (χ2v) is 6.71. The topological polar surface area (TPSA) is 28.1 Å². The SMILES string of the molecule is COc1ccccc1N1CCN(/N=C\C(Br)=C\c2ccccc2)CC1. The van der Waals surface area contributed by atoms with E-state index in [1.165, 1.54) is 0 Å². The van der Waals surface area contributed by atoms with Gasteiger partial charge < -0.3 is 9.64 Å². The van der Waals surface area contributed by atoms with E-state index < -0.39 is 0 Å². The van der Waals surface area contributed by atoms with Crippen molar-refractivity contribution >= 4 is 33.9 Å². The highest BCUT2D eigenvalue weighted by molar-refractivity contribution is 9.12. The van der Waals surface area contributed by atoms with Crippen molar-refractivity contribution in [3.63, 3.8) is 0 Å². The average molecular weight is 400 g/mol. The van der Waals surface area contributed by atoms with Crippen LogP contribution in [-0.2, 0) is 0 Å². The molecule has 2 aromatic rings. The smallest absolute Gasteiger partial charge is 0.142 e. The van der Waals surface area contributed by atoms with Crippen LogP contribution in [0.2, 0.25) is 0 Å². The Morgan fingerprint density at radius 3 is 2.40 bits per heavy atom. The Hall–Kier alpha value is -2.27. The van der Waals surface area contributed by atoms with Crippen molar-refractivity contribution < 1.29 is 4.74 Å². The highest BCUT2D eigenvalue weighted by Gasteiger charge is 2.18. The van der Waals surface area contributed by atoms with Gasteiger partial charge in [0.05, 0.1) is 32.1 Å². The summed E-state index contributed by atoms with van der Waals surface area (Å²) in [6.45, 7) is 3.63. The first kappa shape index (κ1) is 17.5. The van der Waals surface area contributed by atoms with Crippen LogP contribution in [0.25, 0.3) is 6.08 Å². The maximum Gasteiger partial charge on any atom is 0.142 e. The number of para-hydroxylation sites is 2. The molecule has 0 spiro atoms. The van der Waals surface area contributed by atoms with Gasteiger partial charge in [0.25, 0.3) is 0 Å². The maximum atomic E-state index is 5.46. The molecule has 1 saturated heterocycles. The van der Waals surface area contributed by atoms with Gasteiger partial charge in [-0.2, -0.15) is 5.10 Å². The van der Waals surface area contributed by atoms with E-state index in [-0.39, 0.29) is 0 Å². The molecule has 1 heterocycles. The van der Waals surface area contributed by atoms with E-state index in [1.54, 1.807) is 7.11 Å². The summed E-state index contributed by atoms with van der Waals surface area (Å²) in [5.41, 5.74) is 2.31.